The van der Waals surface area contributed by atoms with Crippen LogP contribution in [0.4, 0.5) is 17.8 Å². The normalized spacial score (nSPS) is 16.9. The summed E-state index contributed by atoms with van der Waals surface area (Å²) in [6.07, 6.45) is 15.4. The first-order valence-electron chi connectivity index (χ1n) is 15.8. The van der Waals surface area contributed by atoms with E-state index in [0.717, 1.165) is 19.4 Å². The molecule has 2 aliphatic rings. The fraction of sp³-hybridized carbons (Fsp3) is 0.677. The molecule has 2 saturated carbocycles. The van der Waals surface area contributed by atoms with Crippen molar-refractivity contribution in [1.29, 1.82) is 0 Å². The first-order chi connectivity index (χ1) is 20.3. The lowest BCUT2D eigenvalue weighted by atomic mass is 9.89. The quantitative estimate of drug-likeness (QED) is 0.201. The van der Waals surface area contributed by atoms with E-state index in [1.807, 2.05) is 18.2 Å². The van der Waals surface area contributed by atoms with E-state index in [-0.39, 0.29) is 5.91 Å². The lowest BCUT2D eigenvalue weighted by Crippen LogP contribution is -2.27. The summed E-state index contributed by atoms with van der Waals surface area (Å²) in [5.74, 6) is 2.44. The van der Waals surface area contributed by atoms with Crippen molar-refractivity contribution in [3.8, 4) is 0 Å². The van der Waals surface area contributed by atoms with E-state index in [2.05, 4.69) is 31.2 Å². The molecule has 0 unspecified atom stereocenters. The van der Waals surface area contributed by atoms with Crippen LogP contribution in [0.15, 0.2) is 30.3 Å². The number of hydrogen-bond acceptors (Lipinski definition) is 9. The molecule has 0 bridgehead atoms. The lowest BCUT2D eigenvalue weighted by Gasteiger charge is -2.23. The van der Waals surface area contributed by atoms with Gasteiger partial charge in [0, 0.05) is 31.2 Å². The monoisotopic (exact) mass is 567 g/mol. The number of aromatic nitrogens is 3. The summed E-state index contributed by atoms with van der Waals surface area (Å²) < 4.78 is 11.3. The van der Waals surface area contributed by atoms with Crippen LogP contribution >= 0.6 is 0 Å². The van der Waals surface area contributed by atoms with Crippen molar-refractivity contribution in [2.24, 2.45) is 5.92 Å². The second-order valence-corrected chi connectivity index (χ2v) is 11.2. The van der Waals surface area contributed by atoms with Gasteiger partial charge in [0.25, 0.3) is 5.91 Å². The molecule has 0 saturated heterocycles. The van der Waals surface area contributed by atoms with Crippen molar-refractivity contribution < 1.29 is 14.3 Å². The summed E-state index contributed by atoms with van der Waals surface area (Å²) in [7, 11) is 0. The van der Waals surface area contributed by atoms with Crippen LogP contribution in [-0.4, -0.2) is 73.0 Å². The van der Waals surface area contributed by atoms with Crippen molar-refractivity contribution in [3.05, 3.63) is 35.9 Å². The number of nitrogens with one attached hydrogen (secondary N) is 4. The molecule has 10 heteroatoms. The minimum Gasteiger partial charge on any atom is -0.377 e. The summed E-state index contributed by atoms with van der Waals surface area (Å²) in [5.41, 5.74) is 0.649. The van der Waals surface area contributed by atoms with Crippen LogP contribution in [0.1, 0.15) is 87.4 Å². The molecule has 226 valence electrons. The largest absolute Gasteiger partial charge is 0.377 e. The SMILES string of the molecule is O=C(NCCOCCOCCNc1nc(NCC2CCCCC2)nc(NC2CCCCCCC2)n1)c1ccccc1. The average Bonchev–Trinajstić information content (AvgIpc) is 2.99. The van der Waals surface area contributed by atoms with Gasteiger partial charge in [-0.1, -0.05) is 69.6 Å². The number of carbonyl (C=O) groups excluding carboxylic acids is 1. The predicted molar refractivity (Wildman–Crippen MR) is 164 cm³/mol. The van der Waals surface area contributed by atoms with Gasteiger partial charge in [-0.05, 0) is 43.7 Å². The minimum atomic E-state index is -0.0924. The Bertz CT molecular complexity index is 996. The molecule has 4 N–H and O–H groups in total. The van der Waals surface area contributed by atoms with Gasteiger partial charge in [-0.15, -0.1) is 0 Å². The maximum Gasteiger partial charge on any atom is 0.251 e. The number of carbonyl (C=O) groups is 1. The van der Waals surface area contributed by atoms with E-state index < -0.39 is 0 Å². The summed E-state index contributed by atoms with van der Waals surface area (Å²) in [4.78, 5) is 26.1. The zero-order chi connectivity index (χ0) is 28.4. The molecule has 0 aliphatic heterocycles. The van der Waals surface area contributed by atoms with Crippen LogP contribution in [0.2, 0.25) is 0 Å². The Morgan fingerprint density at radius 3 is 2.00 bits per heavy atom. The fourth-order valence-corrected chi connectivity index (χ4v) is 5.49. The third kappa shape index (κ3) is 12.2. The maximum absolute atomic E-state index is 12.0. The zero-order valence-corrected chi connectivity index (χ0v) is 24.5. The molecule has 0 radical (unpaired) electrons. The van der Waals surface area contributed by atoms with Crippen molar-refractivity contribution in [2.75, 3.05) is 62.0 Å². The molecule has 1 amide bonds. The fourth-order valence-electron chi connectivity index (χ4n) is 5.49. The van der Waals surface area contributed by atoms with Crippen LogP contribution < -0.4 is 21.3 Å². The Morgan fingerprint density at radius 2 is 1.27 bits per heavy atom. The Balaban J connectivity index is 1.15. The van der Waals surface area contributed by atoms with Gasteiger partial charge >= 0.3 is 0 Å². The van der Waals surface area contributed by atoms with E-state index in [0.29, 0.717) is 74.9 Å². The van der Waals surface area contributed by atoms with E-state index >= 15 is 0 Å². The number of hydrogen-bond donors (Lipinski definition) is 4. The first kappa shape index (κ1) is 31.0. The van der Waals surface area contributed by atoms with Crippen molar-refractivity contribution in [2.45, 2.75) is 83.1 Å². The summed E-state index contributed by atoms with van der Waals surface area (Å²) in [6.45, 7) is 3.86. The standard InChI is InChI=1S/C31H49N7O3/c39-28(26-14-8-5-9-15-26)32-18-20-40-22-23-41-21-19-33-29-36-30(34-24-25-12-6-4-7-13-25)38-31(37-29)35-27-16-10-2-1-3-11-17-27/h5,8-9,14-15,25,27H,1-4,6-7,10-13,16-24H2,(H,32,39)(H3,33,34,35,36,37,38). The number of rotatable bonds is 16. The Morgan fingerprint density at radius 1 is 0.683 bits per heavy atom. The average molecular weight is 568 g/mol. The van der Waals surface area contributed by atoms with Crippen LogP contribution in [0.25, 0.3) is 0 Å². The van der Waals surface area contributed by atoms with E-state index in [9.17, 15) is 4.79 Å². The number of nitrogens with zero attached hydrogens (tertiary/aromatic N) is 3. The Hall–Kier alpha value is -2.98. The number of ether oxygens (including phenoxy) is 2. The molecule has 0 atom stereocenters. The third-order valence-electron chi connectivity index (χ3n) is 7.82. The molecular formula is C31H49N7O3. The summed E-state index contributed by atoms with van der Waals surface area (Å²) in [6, 6.07) is 9.58. The molecule has 4 rings (SSSR count). The van der Waals surface area contributed by atoms with Crippen LogP contribution in [0.3, 0.4) is 0 Å². The number of benzene rings is 1. The molecule has 2 fully saturated rings. The van der Waals surface area contributed by atoms with Gasteiger partial charge < -0.3 is 30.7 Å². The van der Waals surface area contributed by atoms with Crippen LogP contribution in [0, 0.1) is 5.92 Å². The number of amides is 1. The topological polar surface area (TPSA) is 122 Å². The Labute approximate surface area is 245 Å². The molecule has 2 aromatic rings. The van der Waals surface area contributed by atoms with Gasteiger partial charge in [0.1, 0.15) is 0 Å². The first-order valence-corrected chi connectivity index (χ1v) is 15.8. The van der Waals surface area contributed by atoms with Crippen molar-refractivity contribution >= 4 is 23.8 Å². The highest BCUT2D eigenvalue weighted by Gasteiger charge is 2.16. The molecule has 41 heavy (non-hydrogen) atoms. The van der Waals surface area contributed by atoms with Crippen molar-refractivity contribution in [1.82, 2.24) is 20.3 Å². The van der Waals surface area contributed by atoms with E-state index in [4.69, 9.17) is 14.5 Å². The molecule has 1 heterocycles. The molecule has 1 aromatic heterocycles. The van der Waals surface area contributed by atoms with Gasteiger partial charge in [0.15, 0.2) is 0 Å². The maximum atomic E-state index is 12.0. The molecule has 2 aliphatic carbocycles. The van der Waals surface area contributed by atoms with E-state index in [1.165, 1.54) is 64.2 Å². The summed E-state index contributed by atoms with van der Waals surface area (Å²) >= 11 is 0. The van der Waals surface area contributed by atoms with Crippen LogP contribution in [0.5, 0.6) is 0 Å². The highest BCUT2D eigenvalue weighted by atomic mass is 16.5. The van der Waals surface area contributed by atoms with Gasteiger partial charge in [-0.2, -0.15) is 15.0 Å². The molecule has 10 nitrogen and oxygen atoms in total. The second kappa shape index (κ2) is 18.5. The van der Waals surface area contributed by atoms with Gasteiger partial charge in [-0.25, -0.2) is 0 Å². The lowest BCUT2D eigenvalue weighted by molar-refractivity contribution is 0.0519. The van der Waals surface area contributed by atoms with Gasteiger partial charge in [0.05, 0.1) is 26.4 Å². The molecule has 0 spiro atoms. The third-order valence-corrected chi connectivity index (χ3v) is 7.82. The highest BCUT2D eigenvalue weighted by molar-refractivity contribution is 5.94. The van der Waals surface area contributed by atoms with Crippen molar-refractivity contribution in [3.63, 3.8) is 0 Å². The molecular weight excluding hydrogens is 518 g/mol. The van der Waals surface area contributed by atoms with E-state index in [1.54, 1.807) is 12.1 Å². The summed E-state index contributed by atoms with van der Waals surface area (Å²) in [5, 5.41) is 13.3. The van der Waals surface area contributed by atoms with Crippen LogP contribution in [-0.2, 0) is 9.47 Å². The minimum absolute atomic E-state index is 0.0924. The molecule has 1 aromatic carbocycles. The predicted octanol–water partition coefficient (Wildman–Crippen LogP) is 5.26. The highest BCUT2D eigenvalue weighted by Crippen LogP contribution is 2.24. The van der Waals surface area contributed by atoms with Gasteiger partial charge in [0.2, 0.25) is 17.8 Å². The Kier molecular flexibility index (Phi) is 13.9. The zero-order valence-electron chi connectivity index (χ0n) is 24.5. The number of anilines is 3. The smallest absolute Gasteiger partial charge is 0.251 e. The van der Waals surface area contributed by atoms with Gasteiger partial charge in [-0.3, -0.25) is 4.79 Å². The second-order valence-electron chi connectivity index (χ2n) is 11.2.